The van der Waals surface area contributed by atoms with E-state index in [1.807, 2.05) is 4.90 Å². The highest BCUT2D eigenvalue weighted by atomic mass is 16.5. The van der Waals surface area contributed by atoms with Crippen LogP contribution in [-0.2, 0) is 19.1 Å². The highest BCUT2D eigenvalue weighted by Gasteiger charge is 2.42. The van der Waals surface area contributed by atoms with Gasteiger partial charge in [0, 0.05) is 26.4 Å². The van der Waals surface area contributed by atoms with Gasteiger partial charge in [0.1, 0.15) is 5.60 Å². The van der Waals surface area contributed by atoms with Crippen LogP contribution < -0.4 is 0 Å². The maximum absolute atomic E-state index is 12.3. The molecule has 2 heterocycles. The normalized spacial score (nSPS) is 30.3. The second-order valence-corrected chi connectivity index (χ2v) is 6.49. The Hall–Kier alpha value is -1.14. The zero-order valence-corrected chi connectivity index (χ0v) is 12.7. The zero-order chi connectivity index (χ0) is 14.9. The van der Waals surface area contributed by atoms with E-state index in [-0.39, 0.29) is 11.8 Å². The van der Waals surface area contributed by atoms with E-state index in [0.29, 0.717) is 58.3 Å². The second kappa shape index (κ2) is 5.93. The number of hydrogen-bond donors (Lipinski definition) is 0. The summed E-state index contributed by atoms with van der Waals surface area (Å²) >= 11 is 0. The third-order valence-corrected chi connectivity index (χ3v) is 4.56. The highest BCUT2D eigenvalue weighted by molar-refractivity contribution is 5.77. The average molecular weight is 296 g/mol. The fourth-order valence-corrected chi connectivity index (χ4v) is 3.11. The molecule has 1 aliphatic carbocycles. The first kappa shape index (κ1) is 14.8. The van der Waals surface area contributed by atoms with Crippen molar-refractivity contribution in [3.63, 3.8) is 0 Å². The Labute approximate surface area is 125 Å². The lowest BCUT2D eigenvalue weighted by molar-refractivity contribution is -0.163. The van der Waals surface area contributed by atoms with E-state index in [4.69, 9.17) is 9.47 Å². The van der Waals surface area contributed by atoms with Crippen molar-refractivity contribution in [3.8, 4) is 0 Å². The van der Waals surface area contributed by atoms with Crippen LogP contribution in [0, 0.1) is 5.92 Å². The van der Waals surface area contributed by atoms with Crippen molar-refractivity contribution in [1.29, 1.82) is 0 Å². The molecule has 0 radical (unpaired) electrons. The van der Waals surface area contributed by atoms with E-state index in [0.717, 1.165) is 0 Å². The number of ether oxygens (including phenoxy) is 2. The third-order valence-electron chi connectivity index (χ3n) is 4.56. The number of rotatable bonds is 2. The molecule has 3 aliphatic rings. The van der Waals surface area contributed by atoms with Crippen molar-refractivity contribution < 1.29 is 19.1 Å². The molecule has 6 nitrogen and oxygen atoms in total. The molecular weight excluding hydrogens is 272 g/mol. The minimum atomic E-state index is -0.556. The fraction of sp³-hybridized carbons (Fsp3) is 0.867. The van der Waals surface area contributed by atoms with Gasteiger partial charge < -0.3 is 19.3 Å². The van der Waals surface area contributed by atoms with Gasteiger partial charge in [0.15, 0.2) is 0 Å². The summed E-state index contributed by atoms with van der Waals surface area (Å²) in [5.41, 5.74) is -0.556. The number of carbonyl (C=O) groups is 2. The first-order valence-corrected chi connectivity index (χ1v) is 7.83. The third kappa shape index (κ3) is 3.55. The Morgan fingerprint density at radius 3 is 2.57 bits per heavy atom. The van der Waals surface area contributed by atoms with Gasteiger partial charge in [-0.1, -0.05) is 0 Å². The number of nitrogens with zero attached hydrogens (tertiary/aromatic N) is 2. The van der Waals surface area contributed by atoms with E-state index in [1.165, 1.54) is 12.8 Å². The summed E-state index contributed by atoms with van der Waals surface area (Å²) in [7, 11) is 0. The molecule has 0 unspecified atom stereocenters. The predicted octanol–water partition coefficient (Wildman–Crippen LogP) is 0.263. The summed E-state index contributed by atoms with van der Waals surface area (Å²) in [4.78, 5) is 27.7. The van der Waals surface area contributed by atoms with E-state index >= 15 is 0 Å². The maximum atomic E-state index is 12.3. The van der Waals surface area contributed by atoms with Crippen LogP contribution in [0.1, 0.15) is 26.2 Å². The molecule has 1 atom stereocenters. The Morgan fingerprint density at radius 1 is 1.14 bits per heavy atom. The van der Waals surface area contributed by atoms with Crippen LogP contribution >= 0.6 is 0 Å². The first-order valence-electron chi connectivity index (χ1n) is 7.83. The van der Waals surface area contributed by atoms with Gasteiger partial charge in [-0.15, -0.1) is 0 Å². The Morgan fingerprint density at radius 2 is 1.86 bits per heavy atom. The monoisotopic (exact) mass is 296 g/mol. The maximum Gasteiger partial charge on any atom is 0.223 e. The van der Waals surface area contributed by atoms with Crippen LogP contribution in [0.15, 0.2) is 0 Å². The Bertz CT molecular complexity index is 424. The largest absolute Gasteiger partial charge is 0.376 e. The van der Waals surface area contributed by atoms with Gasteiger partial charge in [0.05, 0.1) is 32.9 Å². The standard InChI is InChI=1S/C15H24N2O4/c1-12(18)16-4-6-20-11-15(9-16)10-17(5-7-21-15)14(19)8-13-2-3-13/h13H,2-11H2,1H3/t15-/m0/s1. The fourth-order valence-electron chi connectivity index (χ4n) is 3.11. The summed E-state index contributed by atoms with van der Waals surface area (Å²) in [5, 5.41) is 0. The van der Waals surface area contributed by atoms with Crippen molar-refractivity contribution in [1.82, 2.24) is 9.80 Å². The molecule has 3 rings (SSSR count). The Balaban J connectivity index is 1.66. The molecule has 0 bridgehead atoms. The minimum Gasteiger partial charge on any atom is -0.376 e. The second-order valence-electron chi connectivity index (χ2n) is 6.49. The molecule has 0 aromatic heterocycles. The number of carbonyl (C=O) groups excluding carboxylic acids is 2. The van der Waals surface area contributed by atoms with Gasteiger partial charge in [-0.05, 0) is 18.8 Å². The van der Waals surface area contributed by atoms with Gasteiger partial charge in [0.25, 0.3) is 0 Å². The summed E-state index contributed by atoms with van der Waals surface area (Å²) in [6.07, 6.45) is 3.03. The molecule has 2 amide bonds. The molecule has 2 saturated heterocycles. The van der Waals surface area contributed by atoms with Crippen LogP contribution in [-0.4, -0.2) is 73.2 Å². The highest BCUT2D eigenvalue weighted by Crippen LogP contribution is 2.33. The van der Waals surface area contributed by atoms with Crippen molar-refractivity contribution in [2.24, 2.45) is 5.92 Å². The molecule has 1 spiro atoms. The number of hydrogen-bond acceptors (Lipinski definition) is 4. The first-order chi connectivity index (χ1) is 10.1. The molecule has 118 valence electrons. The lowest BCUT2D eigenvalue weighted by Crippen LogP contribution is -2.60. The van der Waals surface area contributed by atoms with Crippen LogP contribution in [0.2, 0.25) is 0 Å². The lowest BCUT2D eigenvalue weighted by atomic mass is 10.0. The molecular formula is C15H24N2O4. The van der Waals surface area contributed by atoms with Crippen molar-refractivity contribution in [3.05, 3.63) is 0 Å². The molecule has 2 aliphatic heterocycles. The summed E-state index contributed by atoms with van der Waals surface area (Å²) in [6, 6.07) is 0. The van der Waals surface area contributed by atoms with E-state index in [1.54, 1.807) is 11.8 Å². The molecule has 0 aromatic carbocycles. The van der Waals surface area contributed by atoms with Crippen LogP contribution in [0.4, 0.5) is 0 Å². The number of morpholine rings is 1. The number of amides is 2. The van der Waals surface area contributed by atoms with Crippen LogP contribution in [0.3, 0.4) is 0 Å². The molecule has 0 aromatic rings. The van der Waals surface area contributed by atoms with Crippen molar-refractivity contribution in [2.45, 2.75) is 31.8 Å². The quantitative estimate of drug-likeness (QED) is 0.733. The lowest BCUT2D eigenvalue weighted by Gasteiger charge is -2.43. The summed E-state index contributed by atoms with van der Waals surface area (Å²) in [5.74, 6) is 0.846. The van der Waals surface area contributed by atoms with Crippen LogP contribution in [0.5, 0.6) is 0 Å². The molecule has 0 N–H and O–H groups in total. The molecule has 21 heavy (non-hydrogen) atoms. The van der Waals surface area contributed by atoms with Gasteiger partial charge in [-0.25, -0.2) is 0 Å². The Kier molecular flexibility index (Phi) is 4.17. The SMILES string of the molecule is CC(=O)N1CCOC[C@]2(C1)CN(C(=O)CC1CC1)CCO2. The van der Waals surface area contributed by atoms with Crippen molar-refractivity contribution >= 4 is 11.8 Å². The molecule has 1 saturated carbocycles. The van der Waals surface area contributed by atoms with E-state index in [9.17, 15) is 9.59 Å². The molecule has 6 heteroatoms. The summed E-state index contributed by atoms with van der Waals surface area (Å²) < 4.78 is 11.6. The predicted molar refractivity (Wildman–Crippen MR) is 75.7 cm³/mol. The summed E-state index contributed by atoms with van der Waals surface area (Å²) in [6.45, 7) is 5.34. The van der Waals surface area contributed by atoms with E-state index in [2.05, 4.69) is 0 Å². The molecule has 3 fully saturated rings. The van der Waals surface area contributed by atoms with Gasteiger partial charge in [0.2, 0.25) is 11.8 Å². The minimum absolute atomic E-state index is 0.0323. The topological polar surface area (TPSA) is 59.1 Å². The van der Waals surface area contributed by atoms with Crippen molar-refractivity contribution in [2.75, 3.05) is 46.0 Å². The zero-order valence-electron chi connectivity index (χ0n) is 12.7. The van der Waals surface area contributed by atoms with E-state index < -0.39 is 5.60 Å². The smallest absolute Gasteiger partial charge is 0.223 e. The van der Waals surface area contributed by atoms with Gasteiger partial charge in [-0.2, -0.15) is 0 Å². The van der Waals surface area contributed by atoms with Gasteiger partial charge >= 0.3 is 0 Å². The van der Waals surface area contributed by atoms with Crippen LogP contribution in [0.25, 0.3) is 0 Å². The average Bonchev–Trinajstić information content (AvgIpc) is 3.27. The van der Waals surface area contributed by atoms with Gasteiger partial charge in [-0.3, -0.25) is 9.59 Å².